The van der Waals surface area contributed by atoms with Crippen molar-refractivity contribution >= 4 is 15.7 Å². The normalized spacial score (nSPS) is 11.1. The molecule has 2 aromatic rings. The highest BCUT2D eigenvalue weighted by Crippen LogP contribution is 2.21. The van der Waals surface area contributed by atoms with Gasteiger partial charge >= 0.3 is 0 Å². The fourth-order valence-corrected chi connectivity index (χ4v) is 2.60. The Balaban J connectivity index is 2.25. The minimum Gasteiger partial charge on any atom is -0.352 e. The molecule has 0 bridgehead atoms. The van der Waals surface area contributed by atoms with E-state index in [2.05, 4.69) is 5.32 Å². The highest BCUT2D eigenvalue weighted by atomic mass is 32.2. The number of benzene rings is 2. The van der Waals surface area contributed by atoms with Crippen LogP contribution in [0.15, 0.2) is 53.4 Å². The van der Waals surface area contributed by atoms with Gasteiger partial charge in [-0.1, -0.05) is 24.3 Å². The monoisotopic (exact) mass is 303 g/mol. The molecule has 0 aliphatic rings. The quantitative estimate of drug-likeness (QED) is 0.944. The van der Waals surface area contributed by atoms with E-state index in [1.165, 1.54) is 6.26 Å². The van der Waals surface area contributed by atoms with Crippen molar-refractivity contribution in [3.63, 3.8) is 0 Å². The van der Waals surface area contributed by atoms with E-state index in [0.717, 1.165) is 11.1 Å². The van der Waals surface area contributed by atoms with Crippen LogP contribution in [0.5, 0.6) is 0 Å². The van der Waals surface area contributed by atoms with Crippen LogP contribution < -0.4 is 5.32 Å². The third-order valence-electron chi connectivity index (χ3n) is 3.10. The largest absolute Gasteiger partial charge is 0.352 e. The Kier molecular flexibility index (Phi) is 4.43. The summed E-state index contributed by atoms with van der Waals surface area (Å²) in [6.45, 7) is 2.46. The Morgan fingerprint density at radius 3 is 1.86 bits per heavy atom. The van der Waals surface area contributed by atoms with Crippen LogP contribution in [-0.4, -0.2) is 27.1 Å². The van der Waals surface area contributed by atoms with E-state index in [1.807, 2.05) is 19.1 Å². The van der Waals surface area contributed by atoms with Gasteiger partial charge in [0.05, 0.1) is 4.90 Å². The second-order valence-electron chi connectivity index (χ2n) is 4.73. The van der Waals surface area contributed by atoms with Crippen LogP contribution in [-0.2, 0) is 9.84 Å². The summed E-state index contributed by atoms with van der Waals surface area (Å²) >= 11 is 0. The number of hydrogen-bond donors (Lipinski definition) is 1. The maximum atomic E-state index is 11.7. The first-order valence-corrected chi connectivity index (χ1v) is 8.49. The molecule has 2 aromatic carbocycles. The van der Waals surface area contributed by atoms with Crippen LogP contribution in [0.25, 0.3) is 11.1 Å². The van der Waals surface area contributed by atoms with Crippen LogP contribution in [0.4, 0.5) is 0 Å². The minimum atomic E-state index is -3.18. The second-order valence-corrected chi connectivity index (χ2v) is 6.75. The van der Waals surface area contributed by atoms with Gasteiger partial charge in [-0.2, -0.15) is 0 Å². The third-order valence-corrected chi connectivity index (χ3v) is 4.23. The summed E-state index contributed by atoms with van der Waals surface area (Å²) in [7, 11) is -3.18. The van der Waals surface area contributed by atoms with E-state index in [9.17, 15) is 13.2 Å². The molecule has 0 heterocycles. The highest BCUT2D eigenvalue weighted by Gasteiger charge is 2.08. The van der Waals surface area contributed by atoms with E-state index in [0.29, 0.717) is 17.0 Å². The van der Waals surface area contributed by atoms with Crippen molar-refractivity contribution in [1.82, 2.24) is 5.32 Å². The lowest BCUT2D eigenvalue weighted by atomic mass is 10.0. The molecular formula is C16H17NO3S. The number of carbonyl (C=O) groups is 1. The molecule has 2 rings (SSSR count). The van der Waals surface area contributed by atoms with Gasteiger partial charge in [-0.05, 0) is 42.3 Å². The molecule has 0 fully saturated rings. The third kappa shape index (κ3) is 3.70. The smallest absolute Gasteiger partial charge is 0.251 e. The number of amides is 1. The molecule has 0 radical (unpaired) electrons. The predicted molar refractivity (Wildman–Crippen MR) is 83.0 cm³/mol. The molecule has 5 heteroatoms. The summed E-state index contributed by atoms with van der Waals surface area (Å²) < 4.78 is 22.8. The number of carbonyl (C=O) groups excluding carboxylic acids is 1. The van der Waals surface area contributed by atoms with Crippen molar-refractivity contribution in [3.8, 4) is 11.1 Å². The lowest BCUT2D eigenvalue weighted by Gasteiger charge is -2.06. The zero-order valence-corrected chi connectivity index (χ0v) is 12.8. The van der Waals surface area contributed by atoms with Gasteiger partial charge in [-0.15, -0.1) is 0 Å². The van der Waals surface area contributed by atoms with Crippen LogP contribution in [0, 0.1) is 0 Å². The summed E-state index contributed by atoms with van der Waals surface area (Å²) in [5, 5.41) is 2.74. The van der Waals surface area contributed by atoms with Gasteiger partial charge in [0.1, 0.15) is 0 Å². The van der Waals surface area contributed by atoms with Gasteiger partial charge in [0, 0.05) is 18.4 Å². The van der Waals surface area contributed by atoms with E-state index < -0.39 is 9.84 Å². The number of hydrogen-bond acceptors (Lipinski definition) is 3. The summed E-state index contributed by atoms with van der Waals surface area (Å²) in [6, 6.07) is 13.9. The van der Waals surface area contributed by atoms with E-state index >= 15 is 0 Å². The fraction of sp³-hybridized carbons (Fsp3) is 0.188. The lowest BCUT2D eigenvalue weighted by molar-refractivity contribution is 0.0956. The average Bonchev–Trinajstić information content (AvgIpc) is 2.47. The molecule has 1 amide bonds. The first-order chi connectivity index (χ1) is 9.91. The number of rotatable bonds is 4. The molecule has 0 aliphatic heterocycles. The predicted octanol–water partition coefficient (Wildman–Crippen LogP) is 2.51. The Labute approximate surface area is 124 Å². The molecule has 0 atom stereocenters. The molecule has 0 saturated carbocycles. The molecule has 110 valence electrons. The molecule has 0 aromatic heterocycles. The Hall–Kier alpha value is -2.14. The summed E-state index contributed by atoms with van der Waals surface area (Å²) in [5.74, 6) is -0.100. The first-order valence-electron chi connectivity index (χ1n) is 6.60. The van der Waals surface area contributed by atoms with Crippen molar-refractivity contribution in [3.05, 3.63) is 54.1 Å². The van der Waals surface area contributed by atoms with Gasteiger partial charge < -0.3 is 5.32 Å². The van der Waals surface area contributed by atoms with Gasteiger partial charge in [-0.25, -0.2) is 8.42 Å². The van der Waals surface area contributed by atoms with Crippen molar-refractivity contribution in [1.29, 1.82) is 0 Å². The van der Waals surface area contributed by atoms with E-state index in [4.69, 9.17) is 0 Å². The van der Waals surface area contributed by atoms with E-state index in [1.54, 1.807) is 36.4 Å². The van der Waals surface area contributed by atoms with E-state index in [-0.39, 0.29) is 5.91 Å². The van der Waals surface area contributed by atoms with Gasteiger partial charge in [0.2, 0.25) is 0 Å². The summed E-state index contributed by atoms with van der Waals surface area (Å²) in [5.41, 5.74) is 2.45. The van der Waals surface area contributed by atoms with Crippen LogP contribution >= 0.6 is 0 Å². The molecular weight excluding hydrogens is 286 g/mol. The van der Waals surface area contributed by atoms with Crippen LogP contribution in [0.2, 0.25) is 0 Å². The standard InChI is InChI=1S/C16H17NO3S/c1-3-17-16(18)14-6-4-12(5-7-14)13-8-10-15(11-9-13)21(2,19)20/h4-11H,3H2,1-2H3,(H,17,18). The average molecular weight is 303 g/mol. The zero-order chi connectivity index (χ0) is 15.5. The Morgan fingerprint density at radius 2 is 1.43 bits per heavy atom. The number of sulfone groups is 1. The molecule has 21 heavy (non-hydrogen) atoms. The van der Waals surface area contributed by atoms with Crippen molar-refractivity contribution in [2.45, 2.75) is 11.8 Å². The van der Waals surface area contributed by atoms with Gasteiger partial charge in [-0.3, -0.25) is 4.79 Å². The molecule has 0 aliphatic carbocycles. The lowest BCUT2D eigenvalue weighted by Crippen LogP contribution is -2.22. The SMILES string of the molecule is CCNC(=O)c1ccc(-c2ccc(S(C)(=O)=O)cc2)cc1. The van der Waals surface area contributed by atoms with Crippen LogP contribution in [0.1, 0.15) is 17.3 Å². The van der Waals surface area contributed by atoms with Gasteiger partial charge in [0.15, 0.2) is 9.84 Å². The molecule has 0 saturated heterocycles. The highest BCUT2D eigenvalue weighted by molar-refractivity contribution is 7.90. The molecule has 4 nitrogen and oxygen atoms in total. The molecule has 1 N–H and O–H groups in total. The van der Waals surface area contributed by atoms with Crippen molar-refractivity contribution < 1.29 is 13.2 Å². The van der Waals surface area contributed by atoms with Crippen LogP contribution in [0.3, 0.4) is 0 Å². The first kappa shape index (κ1) is 15.3. The van der Waals surface area contributed by atoms with Crippen molar-refractivity contribution in [2.24, 2.45) is 0 Å². The Morgan fingerprint density at radius 1 is 0.952 bits per heavy atom. The topological polar surface area (TPSA) is 63.2 Å². The molecule has 0 unspecified atom stereocenters. The number of nitrogens with one attached hydrogen (secondary N) is 1. The summed E-state index contributed by atoms with van der Waals surface area (Å²) in [6.07, 6.45) is 1.18. The minimum absolute atomic E-state index is 0.100. The zero-order valence-electron chi connectivity index (χ0n) is 12.0. The Bertz CT molecular complexity index is 732. The maximum Gasteiger partial charge on any atom is 0.251 e. The fourth-order valence-electron chi connectivity index (χ4n) is 1.97. The van der Waals surface area contributed by atoms with Crippen molar-refractivity contribution in [2.75, 3.05) is 12.8 Å². The van der Waals surface area contributed by atoms with Gasteiger partial charge in [0.25, 0.3) is 5.91 Å². The summed E-state index contributed by atoms with van der Waals surface area (Å²) in [4.78, 5) is 12.0. The maximum absolute atomic E-state index is 11.7. The molecule has 0 spiro atoms. The second kappa shape index (κ2) is 6.10.